The molecular formula is C15H16N2O6. The lowest BCUT2D eigenvalue weighted by Gasteiger charge is -2.28. The van der Waals surface area contributed by atoms with Crippen LogP contribution in [0.1, 0.15) is 17.3 Å². The number of hydrogen-bond acceptors (Lipinski definition) is 6. The van der Waals surface area contributed by atoms with Gasteiger partial charge in [-0.2, -0.15) is 10.0 Å². The van der Waals surface area contributed by atoms with Crippen LogP contribution in [-0.4, -0.2) is 49.0 Å². The van der Waals surface area contributed by atoms with Crippen LogP contribution in [0.3, 0.4) is 0 Å². The number of nitrogens with zero attached hydrogens (tertiary/aromatic N) is 2. The van der Waals surface area contributed by atoms with E-state index < -0.39 is 18.2 Å². The van der Waals surface area contributed by atoms with Gasteiger partial charge < -0.3 is 14.2 Å². The summed E-state index contributed by atoms with van der Waals surface area (Å²) < 4.78 is 14.2. The molecule has 0 unspecified atom stereocenters. The first-order valence-corrected chi connectivity index (χ1v) is 6.77. The number of hydrogen-bond donors (Lipinski definition) is 0. The topological polar surface area (TPSA) is 85.4 Å². The molecule has 1 aromatic rings. The summed E-state index contributed by atoms with van der Waals surface area (Å²) in [5, 5.41) is 3.10. The molecule has 122 valence electrons. The Kier molecular flexibility index (Phi) is 4.85. The van der Waals surface area contributed by atoms with Crippen LogP contribution in [0.25, 0.3) is 12.4 Å². The van der Waals surface area contributed by atoms with Gasteiger partial charge in [0.2, 0.25) is 0 Å². The van der Waals surface area contributed by atoms with Crippen molar-refractivity contribution in [3.8, 4) is 0 Å². The van der Waals surface area contributed by atoms with Gasteiger partial charge in [0.15, 0.2) is 0 Å². The zero-order chi connectivity index (χ0) is 17.0. The number of hydrazine groups is 1. The lowest BCUT2D eigenvalue weighted by Crippen LogP contribution is -2.50. The predicted molar refractivity (Wildman–Crippen MR) is 79.1 cm³/mol. The molecular weight excluding hydrogens is 304 g/mol. The summed E-state index contributed by atoms with van der Waals surface area (Å²) in [7, 11) is 2.39. The lowest BCUT2D eigenvalue weighted by atomic mass is 10.1. The van der Waals surface area contributed by atoms with Crippen LogP contribution in [0, 0.1) is 0 Å². The summed E-state index contributed by atoms with van der Waals surface area (Å²) in [5.74, 6) is -0.469. The summed E-state index contributed by atoms with van der Waals surface area (Å²) in [6.07, 6.45) is 1.25. The Hall–Kier alpha value is -3.03. The molecule has 0 saturated carbocycles. The number of esters is 1. The van der Waals surface area contributed by atoms with Crippen molar-refractivity contribution in [2.45, 2.75) is 6.92 Å². The quantitative estimate of drug-likeness (QED) is 0.579. The van der Waals surface area contributed by atoms with E-state index in [-0.39, 0.29) is 6.61 Å². The first-order valence-electron chi connectivity index (χ1n) is 6.77. The van der Waals surface area contributed by atoms with Crippen molar-refractivity contribution in [3.05, 3.63) is 34.2 Å². The smallest absolute Gasteiger partial charge is 0.433 e. The summed E-state index contributed by atoms with van der Waals surface area (Å²) in [5.41, 5.74) is 0.339. The fourth-order valence-corrected chi connectivity index (χ4v) is 2.00. The summed E-state index contributed by atoms with van der Waals surface area (Å²) in [6, 6.07) is 4.78. The van der Waals surface area contributed by atoms with Crippen LogP contribution < -0.4 is 10.4 Å². The molecule has 23 heavy (non-hydrogen) atoms. The molecule has 0 aromatic heterocycles. The SMILES string of the molecule is CCOC(=O)c1ccc2c(c1)=CN(C(=O)OC)N(C(=O)OC)C=2. The average Bonchev–Trinajstić information content (AvgIpc) is 2.58. The fourth-order valence-electron chi connectivity index (χ4n) is 2.00. The molecule has 1 aliphatic heterocycles. The molecule has 2 rings (SSSR count). The van der Waals surface area contributed by atoms with E-state index in [1.807, 2.05) is 0 Å². The molecule has 0 aliphatic carbocycles. The van der Waals surface area contributed by atoms with Crippen LogP contribution in [0.5, 0.6) is 0 Å². The van der Waals surface area contributed by atoms with E-state index >= 15 is 0 Å². The molecule has 2 amide bonds. The Bertz CT molecular complexity index is 758. The maximum atomic E-state index is 11.8. The van der Waals surface area contributed by atoms with E-state index in [9.17, 15) is 14.4 Å². The minimum Gasteiger partial charge on any atom is -0.462 e. The zero-order valence-corrected chi connectivity index (χ0v) is 12.9. The number of amides is 2. The number of carbonyl (C=O) groups excluding carboxylic acids is 3. The maximum absolute atomic E-state index is 11.8. The normalized spacial score (nSPS) is 12.5. The van der Waals surface area contributed by atoms with Crippen molar-refractivity contribution in [3.63, 3.8) is 0 Å². The van der Waals surface area contributed by atoms with Gasteiger partial charge in [0.1, 0.15) is 0 Å². The van der Waals surface area contributed by atoms with Gasteiger partial charge >= 0.3 is 18.2 Å². The van der Waals surface area contributed by atoms with E-state index in [4.69, 9.17) is 4.74 Å². The van der Waals surface area contributed by atoms with E-state index in [1.54, 1.807) is 25.1 Å². The molecule has 1 aromatic carbocycles. The summed E-state index contributed by atoms with van der Waals surface area (Å²) in [6.45, 7) is 1.97. The van der Waals surface area contributed by atoms with Crippen LogP contribution in [-0.2, 0) is 14.2 Å². The van der Waals surface area contributed by atoms with Crippen molar-refractivity contribution in [2.24, 2.45) is 0 Å². The second-order valence-corrected chi connectivity index (χ2v) is 4.45. The predicted octanol–water partition coefficient (Wildman–Crippen LogP) is 0.405. The van der Waals surface area contributed by atoms with Gasteiger partial charge in [-0.25, -0.2) is 14.4 Å². The molecule has 8 nitrogen and oxygen atoms in total. The summed E-state index contributed by atoms with van der Waals surface area (Å²) in [4.78, 5) is 35.4. The molecule has 0 N–H and O–H groups in total. The van der Waals surface area contributed by atoms with Gasteiger partial charge in [-0.1, -0.05) is 6.07 Å². The average molecular weight is 320 g/mol. The third-order valence-electron chi connectivity index (χ3n) is 3.08. The van der Waals surface area contributed by atoms with Gasteiger partial charge in [0.25, 0.3) is 0 Å². The Balaban J connectivity index is 2.53. The van der Waals surface area contributed by atoms with Gasteiger partial charge in [-0.15, -0.1) is 0 Å². The second kappa shape index (κ2) is 6.82. The van der Waals surface area contributed by atoms with Crippen molar-refractivity contribution in [1.82, 2.24) is 10.0 Å². The van der Waals surface area contributed by atoms with E-state index in [1.165, 1.54) is 26.6 Å². The molecule has 0 spiro atoms. The lowest BCUT2D eigenvalue weighted by molar-refractivity contribution is 0.0525. The highest BCUT2D eigenvalue weighted by atomic mass is 16.6. The highest BCUT2D eigenvalue weighted by Crippen LogP contribution is 2.08. The van der Waals surface area contributed by atoms with Crippen LogP contribution in [0.15, 0.2) is 18.2 Å². The molecule has 0 atom stereocenters. The molecule has 1 heterocycles. The van der Waals surface area contributed by atoms with Crippen LogP contribution >= 0.6 is 0 Å². The fraction of sp³-hybridized carbons (Fsp3) is 0.267. The van der Waals surface area contributed by atoms with Gasteiger partial charge in [0, 0.05) is 22.8 Å². The number of methoxy groups -OCH3 is 2. The largest absolute Gasteiger partial charge is 0.462 e. The zero-order valence-electron chi connectivity index (χ0n) is 12.9. The molecule has 8 heteroatoms. The molecule has 1 aliphatic rings. The second-order valence-electron chi connectivity index (χ2n) is 4.45. The first-order chi connectivity index (χ1) is 11.0. The molecule has 0 bridgehead atoms. The Labute approximate surface area is 132 Å². The van der Waals surface area contributed by atoms with Crippen molar-refractivity contribution >= 4 is 30.6 Å². The number of carbonyl (C=O) groups is 3. The van der Waals surface area contributed by atoms with Crippen molar-refractivity contribution in [2.75, 3.05) is 20.8 Å². The third kappa shape index (κ3) is 3.25. The Morgan fingerprint density at radius 2 is 1.52 bits per heavy atom. The third-order valence-corrected chi connectivity index (χ3v) is 3.08. The van der Waals surface area contributed by atoms with Gasteiger partial charge in [-0.3, -0.25) is 0 Å². The Morgan fingerprint density at radius 3 is 2.04 bits per heavy atom. The van der Waals surface area contributed by atoms with E-state index in [0.29, 0.717) is 16.0 Å². The standard InChI is InChI=1S/C15H16N2O6/c1-4-23-13(18)10-5-6-11-8-16(14(19)21-2)17(15(20)22-3)9-12(11)7-10/h5-9H,4H2,1-3H3. The van der Waals surface area contributed by atoms with E-state index in [2.05, 4.69) is 9.47 Å². The Morgan fingerprint density at radius 1 is 0.957 bits per heavy atom. The number of fused-ring (bicyclic) bond motifs is 1. The van der Waals surface area contributed by atoms with Crippen molar-refractivity contribution in [1.29, 1.82) is 0 Å². The summed E-state index contributed by atoms with van der Waals surface area (Å²) >= 11 is 0. The van der Waals surface area contributed by atoms with E-state index in [0.717, 1.165) is 10.0 Å². The highest BCUT2D eigenvalue weighted by molar-refractivity contribution is 5.89. The number of rotatable bonds is 2. The molecule has 0 saturated heterocycles. The molecule has 0 radical (unpaired) electrons. The first kappa shape index (κ1) is 16.3. The van der Waals surface area contributed by atoms with Crippen LogP contribution in [0.2, 0.25) is 0 Å². The van der Waals surface area contributed by atoms with Crippen LogP contribution in [0.4, 0.5) is 9.59 Å². The molecule has 0 fully saturated rings. The minimum absolute atomic E-state index is 0.260. The number of ether oxygens (including phenoxy) is 3. The minimum atomic E-state index is -0.779. The van der Waals surface area contributed by atoms with Gasteiger partial charge in [-0.05, 0) is 19.1 Å². The van der Waals surface area contributed by atoms with Crippen molar-refractivity contribution < 1.29 is 28.6 Å². The number of benzene rings is 1. The maximum Gasteiger partial charge on any atom is 0.433 e. The monoisotopic (exact) mass is 320 g/mol. The highest BCUT2D eigenvalue weighted by Gasteiger charge is 2.26. The van der Waals surface area contributed by atoms with Gasteiger partial charge in [0.05, 0.1) is 26.4 Å².